The Morgan fingerprint density at radius 3 is 2.64 bits per heavy atom. The molecule has 2 atom stereocenters. The molecular formula is C19H26F3N3O3. The highest BCUT2D eigenvalue weighted by atomic mass is 19.4. The van der Waals surface area contributed by atoms with Crippen LogP contribution in [0.2, 0.25) is 0 Å². The minimum absolute atomic E-state index is 0.0673. The van der Waals surface area contributed by atoms with Crippen molar-refractivity contribution < 1.29 is 27.4 Å². The Morgan fingerprint density at radius 1 is 1.36 bits per heavy atom. The fraction of sp³-hybridized carbons (Fsp3) is 0.579. The molecule has 1 aromatic carbocycles. The molecule has 2 rings (SSSR count). The number of halogens is 3. The van der Waals surface area contributed by atoms with Gasteiger partial charge in [0.25, 0.3) is 0 Å². The van der Waals surface area contributed by atoms with Crippen LogP contribution in [0, 0.1) is 0 Å². The molecule has 156 valence electrons. The highest BCUT2D eigenvalue weighted by Gasteiger charge is 2.37. The first-order valence-electron chi connectivity index (χ1n) is 8.99. The number of alkyl halides is 3. The van der Waals surface area contributed by atoms with Crippen molar-refractivity contribution in [2.75, 3.05) is 6.54 Å². The molecule has 6 nitrogen and oxygen atoms in total. The van der Waals surface area contributed by atoms with E-state index in [1.54, 1.807) is 45.2 Å². The molecule has 1 aliphatic rings. The van der Waals surface area contributed by atoms with Gasteiger partial charge >= 0.3 is 12.3 Å². The van der Waals surface area contributed by atoms with Gasteiger partial charge in [0.2, 0.25) is 0 Å². The fourth-order valence-corrected chi connectivity index (χ4v) is 2.52. The summed E-state index contributed by atoms with van der Waals surface area (Å²) in [5.74, 6) is 0.613. The van der Waals surface area contributed by atoms with Crippen molar-refractivity contribution in [1.82, 2.24) is 4.90 Å². The van der Waals surface area contributed by atoms with Crippen LogP contribution < -0.4 is 10.5 Å². The minimum atomic E-state index is -4.52. The number of hydrogen-bond acceptors (Lipinski definition) is 5. The lowest BCUT2D eigenvalue weighted by molar-refractivity contribution is -0.149. The number of nitrogens with two attached hydrogens (primary N) is 1. The molecule has 0 fully saturated rings. The van der Waals surface area contributed by atoms with Crippen molar-refractivity contribution in [1.29, 1.82) is 0 Å². The van der Waals surface area contributed by atoms with Crippen molar-refractivity contribution in [3.63, 3.8) is 0 Å². The Balaban J connectivity index is 2.15. The van der Waals surface area contributed by atoms with Crippen LogP contribution in [0.4, 0.5) is 23.7 Å². The molecule has 1 aromatic rings. The number of aliphatic imine (C=N–C) groups is 1. The molecule has 1 unspecified atom stereocenters. The van der Waals surface area contributed by atoms with E-state index in [2.05, 4.69) is 4.99 Å². The largest absolute Gasteiger partial charge is 0.483 e. The van der Waals surface area contributed by atoms with Crippen molar-refractivity contribution >= 4 is 18.0 Å². The number of nitrogens with zero attached hydrogens (tertiary/aromatic N) is 2. The fourth-order valence-electron chi connectivity index (χ4n) is 2.52. The molecular weight excluding hydrogens is 375 g/mol. The normalized spacial score (nSPS) is 17.5. The molecule has 0 radical (unpaired) electrons. The lowest BCUT2D eigenvalue weighted by Crippen LogP contribution is -2.43. The second kappa shape index (κ2) is 8.38. The molecule has 0 aliphatic carbocycles. The first-order chi connectivity index (χ1) is 12.8. The Bertz CT molecular complexity index is 729. The topological polar surface area (TPSA) is 77.2 Å². The van der Waals surface area contributed by atoms with Gasteiger partial charge in [0.1, 0.15) is 29.2 Å². The van der Waals surface area contributed by atoms with Gasteiger partial charge in [-0.15, -0.1) is 0 Å². The van der Waals surface area contributed by atoms with E-state index >= 15 is 0 Å². The van der Waals surface area contributed by atoms with E-state index in [0.29, 0.717) is 17.0 Å². The summed E-state index contributed by atoms with van der Waals surface area (Å²) < 4.78 is 49.1. The first kappa shape index (κ1) is 22.0. The average Bonchev–Trinajstić information content (AvgIpc) is 2.55. The molecule has 0 spiro atoms. The van der Waals surface area contributed by atoms with Crippen molar-refractivity contribution in [3.05, 3.63) is 23.8 Å². The summed E-state index contributed by atoms with van der Waals surface area (Å²) in [6, 6.07) is 3.19. The summed E-state index contributed by atoms with van der Waals surface area (Å²) in [7, 11) is 0. The van der Waals surface area contributed by atoms with Crippen molar-refractivity contribution in [2.45, 2.75) is 64.6 Å². The first-order valence-corrected chi connectivity index (χ1v) is 8.99. The highest BCUT2D eigenvalue weighted by Crippen LogP contribution is 2.32. The third-order valence-electron chi connectivity index (χ3n) is 3.92. The van der Waals surface area contributed by atoms with Crippen LogP contribution in [0.15, 0.2) is 23.2 Å². The number of hydrogen-bond donors (Lipinski definition) is 1. The van der Waals surface area contributed by atoms with Gasteiger partial charge in [-0.05, 0) is 51.8 Å². The van der Waals surface area contributed by atoms with E-state index in [1.807, 2.05) is 6.92 Å². The van der Waals surface area contributed by atoms with Crippen LogP contribution in [-0.4, -0.2) is 47.7 Å². The summed E-state index contributed by atoms with van der Waals surface area (Å²) in [4.78, 5) is 18.0. The van der Waals surface area contributed by atoms with Gasteiger partial charge in [0.05, 0.1) is 0 Å². The van der Waals surface area contributed by atoms with Gasteiger partial charge in [-0.2, -0.15) is 13.2 Å². The monoisotopic (exact) mass is 401 g/mol. The number of rotatable bonds is 5. The van der Waals surface area contributed by atoms with Gasteiger partial charge in [-0.25, -0.2) is 4.79 Å². The number of benzene rings is 1. The van der Waals surface area contributed by atoms with E-state index in [9.17, 15) is 18.0 Å². The predicted molar refractivity (Wildman–Crippen MR) is 100.0 cm³/mol. The molecule has 9 heteroatoms. The molecule has 1 amide bonds. The molecule has 0 aromatic heterocycles. The standard InChI is InChI=1S/C19H26F3N3O3/c1-12-10-24-14-9-13(5-6-15(14)27-12)11-25(17(26)28-18(2,3)4)8-7-16(23)19(20,21)22/h5-6,9-10,12,16H,7-8,11,23H2,1-4H3/t12-,16?/m1/s1. The lowest BCUT2D eigenvalue weighted by Gasteiger charge is -2.29. The van der Waals surface area contributed by atoms with E-state index < -0.39 is 30.3 Å². The van der Waals surface area contributed by atoms with E-state index in [4.69, 9.17) is 15.2 Å². The number of ether oxygens (including phenoxy) is 2. The zero-order valence-corrected chi connectivity index (χ0v) is 16.4. The van der Waals surface area contributed by atoms with Gasteiger partial charge in [-0.1, -0.05) is 6.07 Å². The maximum absolute atomic E-state index is 12.7. The number of carbonyl (C=O) groups excluding carboxylic acids is 1. The summed E-state index contributed by atoms with van der Waals surface area (Å²) in [6.45, 7) is 6.81. The maximum atomic E-state index is 12.7. The highest BCUT2D eigenvalue weighted by molar-refractivity contribution is 5.74. The Kier molecular flexibility index (Phi) is 6.59. The third kappa shape index (κ3) is 6.40. The van der Waals surface area contributed by atoms with Crippen LogP contribution in [-0.2, 0) is 11.3 Å². The van der Waals surface area contributed by atoms with Crippen LogP contribution >= 0.6 is 0 Å². The second-order valence-corrected chi connectivity index (χ2v) is 7.74. The zero-order valence-electron chi connectivity index (χ0n) is 16.4. The molecule has 2 N–H and O–H groups in total. The van der Waals surface area contributed by atoms with Crippen LogP contribution in [0.3, 0.4) is 0 Å². The van der Waals surface area contributed by atoms with Gasteiger partial charge in [-0.3, -0.25) is 4.99 Å². The van der Waals surface area contributed by atoms with Crippen LogP contribution in [0.25, 0.3) is 0 Å². The van der Waals surface area contributed by atoms with E-state index in [0.717, 1.165) is 0 Å². The smallest absolute Gasteiger partial charge is 0.410 e. The molecule has 28 heavy (non-hydrogen) atoms. The van der Waals surface area contributed by atoms with Crippen molar-refractivity contribution in [3.8, 4) is 5.75 Å². The second-order valence-electron chi connectivity index (χ2n) is 7.74. The molecule has 1 heterocycles. The summed E-state index contributed by atoms with van der Waals surface area (Å²) >= 11 is 0. The third-order valence-corrected chi connectivity index (χ3v) is 3.92. The molecule has 0 saturated heterocycles. The maximum Gasteiger partial charge on any atom is 0.410 e. The van der Waals surface area contributed by atoms with Gasteiger partial charge in [0.15, 0.2) is 0 Å². The van der Waals surface area contributed by atoms with E-state index in [-0.39, 0.29) is 19.2 Å². The molecule has 0 bridgehead atoms. The van der Waals surface area contributed by atoms with Gasteiger partial charge < -0.3 is 20.1 Å². The Morgan fingerprint density at radius 2 is 2.04 bits per heavy atom. The van der Waals surface area contributed by atoms with Crippen LogP contribution in [0.5, 0.6) is 5.75 Å². The number of carbonyl (C=O) groups is 1. The quantitative estimate of drug-likeness (QED) is 0.803. The predicted octanol–water partition coefficient (Wildman–Crippen LogP) is 4.19. The molecule has 1 aliphatic heterocycles. The number of amides is 1. The SMILES string of the molecule is C[C@@H]1C=Nc2cc(CN(CCC(N)C(F)(F)F)C(=O)OC(C)(C)C)ccc2O1. The van der Waals surface area contributed by atoms with Crippen molar-refractivity contribution in [2.24, 2.45) is 10.7 Å². The minimum Gasteiger partial charge on any atom is -0.483 e. The summed E-state index contributed by atoms with van der Waals surface area (Å²) in [5.41, 5.74) is 5.71. The Labute approximate surface area is 162 Å². The summed E-state index contributed by atoms with van der Waals surface area (Å²) in [5, 5.41) is 0. The number of fused-ring (bicyclic) bond motifs is 1. The molecule has 0 saturated carbocycles. The van der Waals surface area contributed by atoms with Gasteiger partial charge in [0, 0.05) is 19.3 Å². The zero-order chi connectivity index (χ0) is 21.1. The van der Waals surface area contributed by atoms with Crippen LogP contribution in [0.1, 0.15) is 39.7 Å². The lowest BCUT2D eigenvalue weighted by atomic mass is 10.1. The summed E-state index contributed by atoms with van der Waals surface area (Å²) in [6.07, 6.45) is -4.13. The Hall–Kier alpha value is -2.29. The average molecular weight is 401 g/mol. The van der Waals surface area contributed by atoms with E-state index in [1.165, 1.54) is 4.90 Å².